The average molecular weight is 354 g/mol. The first-order valence-corrected chi connectivity index (χ1v) is 10.4. The van der Waals surface area contributed by atoms with Crippen LogP contribution in [0.2, 0.25) is 0 Å². The second kappa shape index (κ2) is 8.67. The lowest BCUT2D eigenvalue weighted by molar-refractivity contribution is 0.352. The summed E-state index contributed by atoms with van der Waals surface area (Å²) in [7, 11) is 0. The maximum Gasteiger partial charge on any atom is 0.225 e. The van der Waals surface area contributed by atoms with Crippen LogP contribution in [0.1, 0.15) is 44.9 Å². The minimum atomic E-state index is 0.778. The summed E-state index contributed by atoms with van der Waals surface area (Å²) < 4.78 is 0. The van der Waals surface area contributed by atoms with Crippen LogP contribution < -0.4 is 10.2 Å². The Hall–Kier alpha value is -1.88. The van der Waals surface area contributed by atoms with Gasteiger partial charge >= 0.3 is 0 Å². The third-order valence-electron chi connectivity index (χ3n) is 5.65. The molecular weight excluding hydrogens is 322 g/mol. The molecule has 3 heterocycles. The van der Waals surface area contributed by atoms with Crippen LogP contribution in [-0.4, -0.2) is 54.1 Å². The zero-order valence-electron chi connectivity index (χ0n) is 15.8. The van der Waals surface area contributed by atoms with E-state index in [0.29, 0.717) is 0 Å². The van der Waals surface area contributed by atoms with Gasteiger partial charge in [0.25, 0.3) is 0 Å². The Morgan fingerprint density at radius 1 is 0.808 bits per heavy atom. The minimum Gasteiger partial charge on any atom is -0.356 e. The van der Waals surface area contributed by atoms with Crippen molar-refractivity contribution in [2.75, 3.05) is 49.5 Å². The SMILES string of the molecule is c1ccc2c(N3CCCCCCC3)nc(NCCN3CCCC3)nc2c1. The lowest BCUT2D eigenvalue weighted by atomic mass is 10.1. The van der Waals surface area contributed by atoms with E-state index in [9.17, 15) is 0 Å². The van der Waals surface area contributed by atoms with E-state index < -0.39 is 0 Å². The first-order valence-electron chi connectivity index (χ1n) is 10.4. The van der Waals surface area contributed by atoms with Gasteiger partial charge in [0.05, 0.1) is 5.52 Å². The number of likely N-dealkylation sites (tertiary alicyclic amines) is 1. The standard InChI is InChI=1S/C21H31N5/c1-2-6-15-26(16-7-3-1)20-18-10-4-5-11-19(18)23-21(24-20)22-12-17-25-13-8-9-14-25/h4-5,10-11H,1-3,6-9,12-17H2,(H,22,23,24). The molecule has 0 aliphatic carbocycles. The molecule has 5 heteroatoms. The number of fused-ring (bicyclic) bond motifs is 1. The highest BCUT2D eigenvalue weighted by atomic mass is 15.2. The molecule has 140 valence electrons. The van der Waals surface area contributed by atoms with Crippen LogP contribution in [0.4, 0.5) is 11.8 Å². The van der Waals surface area contributed by atoms with E-state index in [1.165, 1.54) is 63.4 Å². The molecule has 0 unspecified atom stereocenters. The predicted molar refractivity (Wildman–Crippen MR) is 109 cm³/mol. The third kappa shape index (κ3) is 4.26. The fourth-order valence-corrected chi connectivity index (χ4v) is 4.17. The molecule has 0 atom stereocenters. The molecule has 1 aromatic heterocycles. The molecule has 26 heavy (non-hydrogen) atoms. The van der Waals surface area contributed by atoms with Crippen molar-refractivity contribution in [3.63, 3.8) is 0 Å². The summed E-state index contributed by atoms with van der Waals surface area (Å²) >= 11 is 0. The zero-order chi connectivity index (χ0) is 17.6. The van der Waals surface area contributed by atoms with Crippen LogP contribution in [-0.2, 0) is 0 Å². The number of hydrogen-bond donors (Lipinski definition) is 1. The molecule has 4 rings (SSSR count). The lowest BCUT2D eigenvalue weighted by Crippen LogP contribution is -2.29. The van der Waals surface area contributed by atoms with E-state index in [0.717, 1.165) is 43.5 Å². The summed E-state index contributed by atoms with van der Waals surface area (Å²) in [5.74, 6) is 1.89. The summed E-state index contributed by atoms with van der Waals surface area (Å²) in [4.78, 5) is 14.7. The Morgan fingerprint density at radius 2 is 1.50 bits per heavy atom. The van der Waals surface area contributed by atoms with Crippen LogP contribution in [0.25, 0.3) is 10.9 Å². The van der Waals surface area contributed by atoms with Crippen molar-refractivity contribution in [3.05, 3.63) is 24.3 Å². The van der Waals surface area contributed by atoms with Gasteiger partial charge in [-0.05, 0) is 50.9 Å². The van der Waals surface area contributed by atoms with Crippen LogP contribution in [0.3, 0.4) is 0 Å². The van der Waals surface area contributed by atoms with Crippen LogP contribution in [0.5, 0.6) is 0 Å². The van der Waals surface area contributed by atoms with Gasteiger partial charge in [-0.25, -0.2) is 4.98 Å². The van der Waals surface area contributed by atoms with Gasteiger partial charge in [-0.2, -0.15) is 4.98 Å². The topological polar surface area (TPSA) is 44.3 Å². The van der Waals surface area contributed by atoms with Crippen molar-refractivity contribution in [1.82, 2.24) is 14.9 Å². The maximum absolute atomic E-state index is 4.95. The Kier molecular flexibility index (Phi) is 5.85. The highest BCUT2D eigenvalue weighted by molar-refractivity contribution is 5.90. The molecule has 1 N–H and O–H groups in total. The van der Waals surface area contributed by atoms with Gasteiger partial charge < -0.3 is 15.1 Å². The molecular formula is C21H31N5. The Balaban J connectivity index is 1.53. The highest BCUT2D eigenvalue weighted by Crippen LogP contribution is 2.27. The van der Waals surface area contributed by atoms with Crippen LogP contribution in [0.15, 0.2) is 24.3 Å². The minimum absolute atomic E-state index is 0.778. The van der Waals surface area contributed by atoms with Crippen LogP contribution >= 0.6 is 0 Å². The van der Waals surface area contributed by atoms with Gasteiger partial charge in [0.1, 0.15) is 5.82 Å². The van der Waals surface area contributed by atoms with E-state index in [4.69, 9.17) is 9.97 Å². The van der Waals surface area contributed by atoms with Gasteiger partial charge in [-0.15, -0.1) is 0 Å². The number of rotatable bonds is 5. The molecule has 5 nitrogen and oxygen atoms in total. The third-order valence-corrected chi connectivity index (χ3v) is 5.65. The van der Waals surface area contributed by atoms with Gasteiger partial charge in [0, 0.05) is 31.6 Å². The lowest BCUT2D eigenvalue weighted by Gasteiger charge is -2.27. The Morgan fingerprint density at radius 3 is 2.31 bits per heavy atom. The van der Waals surface area contributed by atoms with Crippen molar-refractivity contribution < 1.29 is 0 Å². The van der Waals surface area contributed by atoms with Gasteiger partial charge in [-0.1, -0.05) is 31.4 Å². The summed E-state index contributed by atoms with van der Waals surface area (Å²) in [6.45, 7) is 6.67. The molecule has 2 aliphatic heterocycles. The summed E-state index contributed by atoms with van der Waals surface area (Å²) in [5.41, 5.74) is 1.04. The molecule has 0 amide bonds. The maximum atomic E-state index is 4.95. The molecule has 2 aromatic rings. The van der Waals surface area contributed by atoms with Crippen LogP contribution in [0, 0.1) is 0 Å². The average Bonchev–Trinajstić information content (AvgIpc) is 3.14. The van der Waals surface area contributed by atoms with Crippen molar-refractivity contribution in [2.24, 2.45) is 0 Å². The zero-order valence-corrected chi connectivity index (χ0v) is 15.8. The second-order valence-corrected chi connectivity index (χ2v) is 7.62. The Bertz CT molecular complexity index is 703. The van der Waals surface area contributed by atoms with E-state index in [-0.39, 0.29) is 0 Å². The molecule has 0 saturated carbocycles. The van der Waals surface area contributed by atoms with E-state index in [1.807, 2.05) is 0 Å². The number of anilines is 2. The first kappa shape index (κ1) is 17.5. The number of aromatic nitrogens is 2. The summed E-state index contributed by atoms with van der Waals surface area (Å²) in [5, 5.41) is 4.66. The largest absolute Gasteiger partial charge is 0.356 e. The van der Waals surface area contributed by atoms with Crippen molar-refractivity contribution in [3.8, 4) is 0 Å². The number of hydrogen-bond acceptors (Lipinski definition) is 5. The first-order chi connectivity index (χ1) is 12.9. The smallest absolute Gasteiger partial charge is 0.225 e. The number of benzene rings is 1. The van der Waals surface area contributed by atoms with E-state index >= 15 is 0 Å². The molecule has 2 aliphatic rings. The normalized spacial score (nSPS) is 19.5. The van der Waals surface area contributed by atoms with E-state index in [1.54, 1.807) is 0 Å². The number of nitrogens with zero attached hydrogens (tertiary/aromatic N) is 4. The summed E-state index contributed by atoms with van der Waals surface area (Å²) in [6.07, 6.45) is 9.24. The van der Waals surface area contributed by atoms with Gasteiger partial charge in [0.2, 0.25) is 5.95 Å². The van der Waals surface area contributed by atoms with Gasteiger partial charge in [0.15, 0.2) is 0 Å². The van der Waals surface area contributed by atoms with Crippen molar-refractivity contribution >= 4 is 22.7 Å². The molecule has 2 saturated heterocycles. The highest BCUT2D eigenvalue weighted by Gasteiger charge is 2.16. The Labute approximate surface area is 156 Å². The molecule has 0 radical (unpaired) electrons. The monoisotopic (exact) mass is 353 g/mol. The predicted octanol–water partition coefficient (Wildman–Crippen LogP) is 3.91. The summed E-state index contributed by atoms with van der Waals surface area (Å²) in [6, 6.07) is 8.44. The molecule has 2 fully saturated rings. The van der Waals surface area contributed by atoms with Crippen molar-refractivity contribution in [1.29, 1.82) is 0 Å². The second-order valence-electron chi connectivity index (χ2n) is 7.62. The fraction of sp³-hybridized carbons (Fsp3) is 0.619. The number of nitrogens with one attached hydrogen (secondary N) is 1. The molecule has 1 aromatic carbocycles. The fourth-order valence-electron chi connectivity index (χ4n) is 4.17. The molecule has 0 bridgehead atoms. The van der Waals surface area contributed by atoms with Gasteiger partial charge in [-0.3, -0.25) is 0 Å². The quantitative estimate of drug-likeness (QED) is 0.883. The van der Waals surface area contributed by atoms with Crippen molar-refractivity contribution in [2.45, 2.75) is 44.9 Å². The number of para-hydroxylation sites is 1. The molecule has 0 spiro atoms. The van der Waals surface area contributed by atoms with E-state index in [2.05, 4.69) is 39.4 Å².